The summed E-state index contributed by atoms with van der Waals surface area (Å²) in [6.45, 7) is 0. The van der Waals surface area contributed by atoms with Crippen LogP contribution in [-0.2, 0) is 14.6 Å². The van der Waals surface area contributed by atoms with Crippen molar-refractivity contribution in [3.8, 4) is 0 Å². The highest BCUT2D eigenvalue weighted by Crippen LogP contribution is 2.16. The van der Waals surface area contributed by atoms with Gasteiger partial charge in [0.1, 0.15) is 11.3 Å². The Labute approximate surface area is 80.4 Å². The Kier molecular flexibility index (Phi) is 3.16. The molecule has 0 radical (unpaired) electrons. The molecule has 13 heavy (non-hydrogen) atoms. The molecule has 0 bridgehead atoms. The first kappa shape index (κ1) is 9.88. The van der Waals surface area contributed by atoms with Gasteiger partial charge in [-0.1, -0.05) is 18.3 Å². The second-order valence-electron chi connectivity index (χ2n) is 2.36. The standard InChI is InChI=1S/C8H8O4S/c1-11-12-8(10)6-3-2-5(13)4-7(6)9/h3-4,9H,2H2,1H3. The zero-order valence-corrected chi connectivity index (χ0v) is 7.76. The molecule has 4 nitrogen and oxygen atoms in total. The number of hydrogen-bond acceptors (Lipinski definition) is 5. The average molecular weight is 200 g/mol. The second kappa shape index (κ2) is 4.15. The summed E-state index contributed by atoms with van der Waals surface area (Å²) in [4.78, 5) is 20.0. The van der Waals surface area contributed by atoms with E-state index in [0.29, 0.717) is 11.3 Å². The van der Waals surface area contributed by atoms with E-state index in [0.717, 1.165) is 0 Å². The number of aliphatic hydroxyl groups excluding tert-OH is 1. The van der Waals surface area contributed by atoms with Crippen molar-refractivity contribution >= 4 is 23.1 Å². The largest absolute Gasteiger partial charge is 0.507 e. The molecule has 0 amide bonds. The van der Waals surface area contributed by atoms with E-state index in [1.54, 1.807) is 0 Å². The molecule has 0 aromatic carbocycles. The van der Waals surface area contributed by atoms with Crippen LogP contribution in [0.5, 0.6) is 0 Å². The fraction of sp³-hybridized carbons (Fsp3) is 0.250. The molecule has 0 heterocycles. The normalized spacial score (nSPS) is 16.2. The Morgan fingerprint density at radius 1 is 1.69 bits per heavy atom. The van der Waals surface area contributed by atoms with E-state index in [2.05, 4.69) is 9.78 Å². The van der Waals surface area contributed by atoms with Crippen molar-refractivity contribution < 1.29 is 19.7 Å². The van der Waals surface area contributed by atoms with Crippen molar-refractivity contribution in [2.24, 2.45) is 0 Å². The lowest BCUT2D eigenvalue weighted by atomic mass is 10.1. The molecule has 0 fully saturated rings. The molecule has 0 aromatic heterocycles. The summed E-state index contributed by atoms with van der Waals surface area (Å²) < 4.78 is 0. The summed E-state index contributed by atoms with van der Waals surface area (Å²) in [7, 11) is 1.21. The quantitative estimate of drug-likeness (QED) is 0.413. The molecular formula is C8H8O4S. The van der Waals surface area contributed by atoms with Crippen LogP contribution in [0.3, 0.4) is 0 Å². The maximum atomic E-state index is 11.1. The minimum atomic E-state index is -0.723. The second-order valence-corrected chi connectivity index (χ2v) is 2.88. The fourth-order valence-corrected chi connectivity index (χ4v) is 1.10. The maximum Gasteiger partial charge on any atom is 0.376 e. The molecule has 1 N–H and O–H groups in total. The van der Waals surface area contributed by atoms with Crippen molar-refractivity contribution in [2.75, 3.05) is 7.11 Å². The molecule has 0 unspecified atom stereocenters. The maximum absolute atomic E-state index is 11.1. The van der Waals surface area contributed by atoms with Crippen molar-refractivity contribution in [1.82, 2.24) is 0 Å². The molecule has 0 aromatic rings. The number of aliphatic hydroxyl groups is 1. The van der Waals surface area contributed by atoms with Crippen LogP contribution in [0.25, 0.3) is 0 Å². The van der Waals surface area contributed by atoms with Gasteiger partial charge in [-0.2, -0.15) is 4.89 Å². The molecule has 1 rings (SSSR count). The Balaban J connectivity index is 2.77. The van der Waals surface area contributed by atoms with E-state index < -0.39 is 5.97 Å². The topological polar surface area (TPSA) is 55.8 Å². The molecule has 0 spiro atoms. The van der Waals surface area contributed by atoms with Gasteiger partial charge in [-0.3, -0.25) is 4.89 Å². The third-order valence-corrected chi connectivity index (χ3v) is 1.74. The number of carbonyl (C=O) groups excluding carboxylic acids is 1. The molecule has 0 atom stereocenters. The molecule has 0 saturated carbocycles. The third-order valence-electron chi connectivity index (χ3n) is 1.46. The van der Waals surface area contributed by atoms with Crippen LogP contribution < -0.4 is 0 Å². The molecule has 0 saturated heterocycles. The summed E-state index contributed by atoms with van der Waals surface area (Å²) in [5.41, 5.74) is 0.0791. The summed E-state index contributed by atoms with van der Waals surface area (Å²) in [5, 5.41) is 9.29. The third kappa shape index (κ3) is 2.37. The lowest BCUT2D eigenvalue weighted by Gasteiger charge is -2.08. The monoisotopic (exact) mass is 200 g/mol. The van der Waals surface area contributed by atoms with Gasteiger partial charge >= 0.3 is 5.97 Å². The van der Waals surface area contributed by atoms with Crippen LogP contribution in [0.15, 0.2) is 23.5 Å². The van der Waals surface area contributed by atoms with Gasteiger partial charge in [0.15, 0.2) is 0 Å². The lowest BCUT2D eigenvalue weighted by molar-refractivity contribution is -0.250. The van der Waals surface area contributed by atoms with Crippen LogP contribution >= 0.6 is 12.2 Å². The number of rotatable bonds is 2. The Morgan fingerprint density at radius 2 is 2.38 bits per heavy atom. The van der Waals surface area contributed by atoms with Gasteiger partial charge in [0, 0.05) is 11.3 Å². The lowest BCUT2D eigenvalue weighted by Crippen LogP contribution is -2.13. The van der Waals surface area contributed by atoms with E-state index >= 15 is 0 Å². The van der Waals surface area contributed by atoms with Gasteiger partial charge in [0.05, 0.1) is 7.11 Å². The fourth-order valence-electron chi connectivity index (χ4n) is 0.905. The number of thiocarbonyl (C=S) groups is 1. The van der Waals surface area contributed by atoms with Crippen molar-refractivity contribution in [3.63, 3.8) is 0 Å². The Hall–Kier alpha value is -1.20. The van der Waals surface area contributed by atoms with Crippen LogP contribution in [0.2, 0.25) is 0 Å². The summed E-state index contributed by atoms with van der Waals surface area (Å²) >= 11 is 4.82. The smallest absolute Gasteiger partial charge is 0.376 e. The predicted octanol–water partition coefficient (Wildman–Crippen LogP) is 1.23. The first-order valence-corrected chi connectivity index (χ1v) is 3.95. The SMILES string of the molecule is COOC(=O)C1=CCC(=S)C=C1O. The van der Waals surface area contributed by atoms with Crippen molar-refractivity contribution in [3.05, 3.63) is 23.5 Å². The van der Waals surface area contributed by atoms with Gasteiger partial charge < -0.3 is 5.11 Å². The van der Waals surface area contributed by atoms with Crippen molar-refractivity contribution in [2.45, 2.75) is 6.42 Å². The Bertz CT molecular complexity index is 303. The Morgan fingerprint density at radius 3 is 2.92 bits per heavy atom. The van der Waals surface area contributed by atoms with E-state index in [4.69, 9.17) is 12.2 Å². The minimum Gasteiger partial charge on any atom is -0.507 e. The number of allylic oxidation sites excluding steroid dienone is 2. The highest BCUT2D eigenvalue weighted by Gasteiger charge is 2.19. The van der Waals surface area contributed by atoms with Gasteiger partial charge in [-0.25, -0.2) is 4.79 Å². The van der Waals surface area contributed by atoms with Crippen LogP contribution in [0.4, 0.5) is 0 Å². The van der Waals surface area contributed by atoms with Gasteiger partial charge in [0.25, 0.3) is 0 Å². The molecular weight excluding hydrogens is 192 g/mol. The van der Waals surface area contributed by atoms with E-state index in [-0.39, 0.29) is 11.3 Å². The predicted molar refractivity (Wildman–Crippen MR) is 49.1 cm³/mol. The first-order valence-electron chi connectivity index (χ1n) is 3.54. The summed E-state index contributed by atoms with van der Waals surface area (Å²) in [6, 6.07) is 0. The highest BCUT2D eigenvalue weighted by molar-refractivity contribution is 7.80. The number of carbonyl (C=O) groups is 1. The van der Waals surface area contributed by atoms with Crippen LogP contribution in [0, 0.1) is 0 Å². The summed E-state index contributed by atoms with van der Waals surface area (Å²) in [5.74, 6) is -0.906. The minimum absolute atomic E-state index is 0.0791. The highest BCUT2D eigenvalue weighted by atomic mass is 32.1. The zero-order valence-electron chi connectivity index (χ0n) is 6.94. The summed E-state index contributed by atoms with van der Waals surface area (Å²) in [6.07, 6.45) is 3.30. The van der Waals surface area contributed by atoms with E-state index in [1.165, 1.54) is 19.3 Å². The van der Waals surface area contributed by atoms with Gasteiger partial charge in [-0.15, -0.1) is 0 Å². The molecule has 1 aliphatic rings. The molecule has 1 aliphatic carbocycles. The first-order chi connectivity index (χ1) is 6.15. The van der Waals surface area contributed by atoms with Crippen LogP contribution in [0.1, 0.15) is 6.42 Å². The molecule has 5 heteroatoms. The number of hydrogen-bond donors (Lipinski definition) is 1. The van der Waals surface area contributed by atoms with Gasteiger partial charge in [-0.05, 0) is 6.08 Å². The average Bonchev–Trinajstić information content (AvgIpc) is 2.04. The van der Waals surface area contributed by atoms with Crippen LogP contribution in [-0.4, -0.2) is 23.1 Å². The van der Waals surface area contributed by atoms with E-state index in [1.807, 2.05) is 0 Å². The van der Waals surface area contributed by atoms with E-state index in [9.17, 15) is 9.90 Å². The van der Waals surface area contributed by atoms with Crippen molar-refractivity contribution in [1.29, 1.82) is 0 Å². The zero-order chi connectivity index (χ0) is 9.84. The molecule has 70 valence electrons. The van der Waals surface area contributed by atoms with Gasteiger partial charge in [0.2, 0.25) is 0 Å². The molecule has 0 aliphatic heterocycles.